The van der Waals surface area contributed by atoms with Crippen LogP contribution in [0.3, 0.4) is 0 Å². The highest BCUT2D eigenvalue weighted by Gasteiger charge is 2.14. The molecule has 0 saturated carbocycles. The molecule has 0 spiro atoms. The van der Waals surface area contributed by atoms with Gasteiger partial charge in [-0.2, -0.15) is 0 Å². The first-order chi connectivity index (χ1) is 6.16. The summed E-state index contributed by atoms with van der Waals surface area (Å²) in [6.45, 7) is 3.63. The molecule has 0 aliphatic carbocycles. The van der Waals surface area contributed by atoms with Gasteiger partial charge in [0.15, 0.2) is 0 Å². The van der Waals surface area contributed by atoms with Crippen LogP contribution in [-0.4, -0.2) is 9.96 Å². The van der Waals surface area contributed by atoms with Crippen molar-refractivity contribution in [1.82, 2.24) is 0 Å². The van der Waals surface area contributed by atoms with Crippen molar-refractivity contribution in [2.24, 2.45) is 0 Å². The molecule has 0 heterocycles. The van der Waals surface area contributed by atoms with Crippen LogP contribution in [0.1, 0.15) is 24.7 Å². The van der Waals surface area contributed by atoms with Crippen molar-refractivity contribution < 1.29 is 8.60 Å². The van der Waals surface area contributed by atoms with Gasteiger partial charge in [-0.15, -0.1) is 0 Å². The summed E-state index contributed by atoms with van der Waals surface area (Å²) in [4.78, 5) is 0. The zero-order chi connectivity index (χ0) is 9.84. The molecule has 0 aromatic heterocycles. The molecule has 0 fully saturated rings. The Morgan fingerprint density at radius 2 is 2.08 bits per heavy atom. The van der Waals surface area contributed by atoms with Crippen LogP contribution in [0.25, 0.3) is 0 Å². The zero-order valence-electron chi connectivity index (χ0n) is 7.79. The van der Waals surface area contributed by atoms with E-state index in [9.17, 15) is 8.60 Å². The Labute approximate surface area is 80.4 Å². The van der Waals surface area contributed by atoms with Crippen molar-refractivity contribution in [3.63, 3.8) is 0 Å². The summed E-state index contributed by atoms with van der Waals surface area (Å²) in [5.41, 5.74) is 0.544. The lowest BCUT2D eigenvalue weighted by atomic mass is 10.1. The lowest BCUT2D eigenvalue weighted by Crippen LogP contribution is -2.06. The molecule has 0 aliphatic heterocycles. The van der Waals surface area contributed by atoms with E-state index in [0.29, 0.717) is 11.3 Å². The SMILES string of the molecule is CCS(=O)C(C)c1ccccc1F. The summed E-state index contributed by atoms with van der Waals surface area (Å²) >= 11 is 0. The summed E-state index contributed by atoms with van der Waals surface area (Å²) in [5.74, 6) is 0.298. The first-order valence-electron chi connectivity index (χ1n) is 4.28. The van der Waals surface area contributed by atoms with E-state index in [1.165, 1.54) is 6.07 Å². The Kier molecular flexibility index (Phi) is 3.60. The Balaban J connectivity index is 2.95. The van der Waals surface area contributed by atoms with Gasteiger partial charge >= 0.3 is 0 Å². The number of halogens is 1. The highest BCUT2D eigenvalue weighted by atomic mass is 32.2. The molecule has 0 radical (unpaired) electrons. The van der Waals surface area contributed by atoms with E-state index in [1.54, 1.807) is 25.1 Å². The van der Waals surface area contributed by atoms with Gasteiger partial charge in [-0.3, -0.25) is 4.21 Å². The van der Waals surface area contributed by atoms with Gasteiger partial charge in [-0.25, -0.2) is 4.39 Å². The average Bonchev–Trinajstić information content (AvgIpc) is 2.16. The minimum atomic E-state index is -0.973. The van der Waals surface area contributed by atoms with Crippen LogP contribution in [0.5, 0.6) is 0 Å². The molecule has 0 bridgehead atoms. The van der Waals surface area contributed by atoms with Crippen LogP contribution in [-0.2, 0) is 10.8 Å². The van der Waals surface area contributed by atoms with Crippen LogP contribution in [0.15, 0.2) is 24.3 Å². The molecule has 0 saturated heterocycles. The predicted molar refractivity (Wildman–Crippen MR) is 53.5 cm³/mol. The van der Waals surface area contributed by atoms with Gasteiger partial charge < -0.3 is 0 Å². The second kappa shape index (κ2) is 4.51. The molecule has 0 amide bonds. The van der Waals surface area contributed by atoms with Crippen molar-refractivity contribution in [3.05, 3.63) is 35.6 Å². The van der Waals surface area contributed by atoms with Crippen LogP contribution in [0.2, 0.25) is 0 Å². The maximum Gasteiger partial charge on any atom is 0.127 e. The summed E-state index contributed by atoms with van der Waals surface area (Å²) in [6, 6.07) is 6.49. The molecule has 1 aromatic rings. The molecule has 2 unspecified atom stereocenters. The van der Waals surface area contributed by atoms with Crippen molar-refractivity contribution >= 4 is 10.8 Å². The molecule has 0 aliphatic rings. The van der Waals surface area contributed by atoms with E-state index >= 15 is 0 Å². The third-order valence-electron chi connectivity index (χ3n) is 2.02. The van der Waals surface area contributed by atoms with Crippen LogP contribution >= 0.6 is 0 Å². The molecule has 1 rings (SSSR count). The second-order valence-corrected chi connectivity index (χ2v) is 4.88. The van der Waals surface area contributed by atoms with E-state index in [4.69, 9.17) is 0 Å². The van der Waals surface area contributed by atoms with E-state index in [-0.39, 0.29) is 11.1 Å². The standard InChI is InChI=1S/C10H13FOS/c1-3-13(12)8(2)9-6-4-5-7-10(9)11/h4-8H,3H2,1-2H3. The van der Waals surface area contributed by atoms with Crippen molar-refractivity contribution in [1.29, 1.82) is 0 Å². The number of benzene rings is 1. The fraction of sp³-hybridized carbons (Fsp3) is 0.400. The van der Waals surface area contributed by atoms with Gasteiger partial charge in [0, 0.05) is 22.1 Å². The quantitative estimate of drug-likeness (QED) is 0.733. The fourth-order valence-corrected chi connectivity index (χ4v) is 2.17. The highest BCUT2D eigenvalue weighted by molar-refractivity contribution is 7.85. The van der Waals surface area contributed by atoms with E-state index in [2.05, 4.69) is 0 Å². The van der Waals surface area contributed by atoms with Crippen molar-refractivity contribution in [3.8, 4) is 0 Å². The maximum absolute atomic E-state index is 13.2. The van der Waals surface area contributed by atoms with Gasteiger partial charge in [0.1, 0.15) is 5.82 Å². The van der Waals surface area contributed by atoms with Crippen LogP contribution < -0.4 is 0 Å². The maximum atomic E-state index is 13.2. The summed E-state index contributed by atoms with van der Waals surface area (Å²) < 4.78 is 24.6. The molecule has 13 heavy (non-hydrogen) atoms. The van der Waals surface area contributed by atoms with Gasteiger partial charge in [0.05, 0.1) is 5.25 Å². The van der Waals surface area contributed by atoms with Crippen LogP contribution in [0.4, 0.5) is 4.39 Å². The van der Waals surface area contributed by atoms with Gasteiger partial charge in [0.25, 0.3) is 0 Å². The molecule has 2 atom stereocenters. The minimum absolute atomic E-state index is 0.216. The summed E-state index contributed by atoms with van der Waals surface area (Å²) in [5, 5.41) is -0.216. The predicted octanol–water partition coefficient (Wildman–Crippen LogP) is 2.66. The molecular formula is C10H13FOS. The molecular weight excluding hydrogens is 187 g/mol. The first-order valence-corrected chi connectivity index (χ1v) is 5.66. The topological polar surface area (TPSA) is 17.1 Å². The summed E-state index contributed by atoms with van der Waals surface area (Å²) in [6.07, 6.45) is 0. The Morgan fingerprint density at radius 3 is 2.62 bits per heavy atom. The van der Waals surface area contributed by atoms with E-state index < -0.39 is 10.8 Å². The first kappa shape index (κ1) is 10.4. The van der Waals surface area contributed by atoms with Gasteiger partial charge in [-0.1, -0.05) is 25.1 Å². The monoisotopic (exact) mass is 200 g/mol. The lowest BCUT2D eigenvalue weighted by Gasteiger charge is -2.10. The largest absolute Gasteiger partial charge is 0.259 e. The molecule has 0 N–H and O–H groups in total. The number of hydrogen-bond donors (Lipinski definition) is 0. The van der Waals surface area contributed by atoms with Crippen molar-refractivity contribution in [2.45, 2.75) is 19.1 Å². The Bertz CT molecular complexity index is 312. The molecule has 1 aromatic carbocycles. The zero-order valence-corrected chi connectivity index (χ0v) is 8.60. The number of rotatable bonds is 3. The smallest absolute Gasteiger partial charge is 0.127 e. The van der Waals surface area contributed by atoms with Crippen LogP contribution in [0, 0.1) is 5.82 Å². The lowest BCUT2D eigenvalue weighted by molar-refractivity contribution is 0.607. The fourth-order valence-electron chi connectivity index (χ4n) is 1.20. The summed E-state index contributed by atoms with van der Waals surface area (Å²) in [7, 11) is -0.973. The molecule has 3 heteroatoms. The van der Waals surface area contributed by atoms with Gasteiger partial charge in [0.2, 0.25) is 0 Å². The normalized spacial score (nSPS) is 15.3. The molecule has 72 valence electrons. The Morgan fingerprint density at radius 1 is 1.46 bits per heavy atom. The van der Waals surface area contributed by atoms with E-state index in [0.717, 1.165) is 0 Å². The van der Waals surface area contributed by atoms with Gasteiger partial charge in [-0.05, 0) is 13.0 Å². The van der Waals surface area contributed by atoms with E-state index in [1.807, 2.05) is 6.92 Å². The highest BCUT2D eigenvalue weighted by Crippen LogP contribution is 2.21. The third-order valence-corrected chi connectivity index (χ3v) is 3.63. The number of hydrogen-bond acceptors (Lipinski definition) is 1. The Hall–Kier alpha value is -0.700. The molecule has 1 nitrogen and oxygen atoms in total. The minimum Gasteiger partial charge on any atom is -0.259 e. The van der Waals surface area contributed by atoms with Crippen molar-refractivity contribution in [2.75, 3.05) is 5.75 Å². The third kappa shape index (κ3) is 2.37. The second-order valence-electron chi connectivity index (χ2n) is 2.83. The average molecular weight is 200 g/mol.